The van der Waals surface area contributed by atoms with Crippen LogP contribution in [0.3, 0.4) is 0 Å². The van der Waals surface area contributed by atoms with Gasteiger partial charge in [0.15, 0.2) is 0 Å². The monoisotopic (exact) mass is 428 g/mol. The van der Waals surface area contributed by atoms with E-state index in [2.05, 4.69) is 42.9 Å². The second kappa shape index (κ2) is 6.48. The SMILES string of the molecule is Ic1cccnc1Oc1ccc(Nc2nc3ccccc3[nH]2)cc1. The van der Waals surface area contributed by atoms with Gasteiger partial charge < -0.3 is 15.0 Å². The number of nitrogens with one attached hydrogen (secondary N) is 2. The van der Waals surface area contributed by atoms with E-state index in [1.165, 1.54) is 0 Å². The highest BCUT2D eigenvalue weighted by atomic mass is 127. The largest absolute Gasteiger partial charge is 0.438 e. The second-order valence-corrected chi connectivity index (χ2v) is 6.31. The molecule has 0 bridgehead atoms. The predicted octanol–water partition coefficient (Wildman–Crippen LogP) is 5.10. The van der Waals surface area contributed by atoms with Crippen LogP contribution in [0.25, 0.3) is 11.0 Å². The Labute approximate surface area is 152 Å². The molecule has 24 heavy (non-hydrogen) atoms. The third-order valence-corrected chi connectivity index (χ3v) is 4.27. The predicted molar refractivity (Wildman–Crippen MR) is 103 cm³/mol. The van der Waals surface area contributed by atoms with Gasteiger partial charge in [0.2, 0.25) is 11.8 Å². The van der Waals surface area contributed by atoms with Crippen molar-refractivity contribution in [2.24, 2.45) is 0 Å². The van der Waals surface area contributed by atoms with E-state index in [-0.39, 0.29) is 0 Å². The molecular formula is C18H13IN4O. The Morgan fingerprint density at radius 1 is 0.958 bits per heavy atom. The number of H-pyrrole nitrogens is 1. The van der Waals surface area contributed by atoms with Crippen molar-refractivity contribution >= 4 is 45.3 Å². The maximum atomic E-state index is 5.79. The first-order valence-corrected chi connectivity index (χ1v) is 8.46. The third kappa shape index (κ3) is 3.18. The summed E-state index contributed by atoms with van der Waals surface area (Å²) in [6, 6.07) is 19.5. The number of aromatic nitrogens is 3. The van der Waals surface area contributed by atoms with Crippen molar-refractivity contribution in [1.29, 1.82) is 0 Å². The number of para-hydroxylation sites is 2. The number of fused-ring (bicyclic) bond motifs is 1. The number of imidazole rings is 1. The lowest BCUT2D eigenvalue weighted by Gasteiger charge is -2.07. The molecule has 2 aromatic heterocycles. The van der Waals surface area contributed by atoms with E-state index in [9.17, 15) is 0 Å². The van der Waals surface area contributed by atoms with E-state index in [1.807, 2.05) is 60.7 Å². The summed E-state index contributed by atoms with van der Waals surface area (Å²) in [5, 5.41) is 3.26. The van der Waals surface area contributed by atoms with Crippen LogP contribution in [0.15, 0.2) is 66.9 Å². The number of anilines is 2. The topological polar surface area (TPSA) is 62.8 Å². The van der Waals surface area contributed by atoms with Gasteiger partial charge >= 0.3 is 0 Å². The number of benzene rings is 2. The lowest BCUT2D eigenvalue weighted by atomic mass is 10.3. The summed E-state index contributed by atoms with van der Waals surface area (Å²) < 4.78 is 6.76. The smallest absolute Gasteiger partial charge is 0.232 e. The minimum atomic E-state index is 0.607. The number of hydrogen-bond donors (Lipinski definition) is 2. The average molecular weight is 428 g/mol. The summed E-state index contributed by atoms with van der Waals surface area (Å²) in [5.41, 5.74) is 2.87. The number of rotatable bonds is 4. The van der Waals surface area contributed by atoms with Crippen molar-refractivity contribution in [2.45, 2.75) is 0 Å². The zero-order chi connectivity index (χ0) is 16.4. The molecular weight excluding hydrogens is 415 g/mol. The standard InChI is InChI=1S/C18H13IN4O/c19-14-4-3-11-20-17(14)24-13-9-7-12(8-10-13)21-18-22-15-5-1-2-6-16(15)23-18/h1-11H,(H2,21,22,23). The van der Waals surface area contributed by atoms with Crippen LogP contribution in [-0.2, 0) is 0 Å². The Kier molecular flexibility index (Phi) is 4.04. The van der Waals surface area contributed by atoms with Crippen molar-refractivity contribution < 1.29 is 4.74 Å². The van der Waals surface area contributed by atoms with Crippen LogP contribution in [-0.4, -0.2) is 15.0 Å². The van der Waals surface area contributed by atoms with Gasteiger partial charge in [-0.3, -0.25) is 0 Å². The maximum absolute atomic E-state index is 5.79. The van der Waals surface area contributed by atoms with E-state index in [0.29, 0.717) is 11.8 Å². The molecule has 0 unspecified atom stereocenters. The number of aromatic amines is 1. The molecule has 0 spiro atoms. The van der Waals surface area contributed by atoms with Gasteiger partial charge in [-0.2, -0.15) is 0 Å². The molecule has 0 atom stereocenters. The van der Waals surface area contributed by atoms with Gasteiger partial charge in [0.05, 0.1) is 14.6 Å². The summed E-state index contributed by atoms with van der Waals surface area (Å²) in [6.07, 6.45) is 1.72. The van der Waals surface area contributed by atoms with E-state index >= 15 is 0 Å². The average Bonchev–Trinajstić information content (AvgIpc) is 3.01. The van der Waals surface area contributed by atoms with Gasteiger partial charge in [-0.15, -0.1) is 0 Å². The van der Waals surface area contributed by atoms with Crippen molar-refractivity contribution in [2.75, 3.05) is 5.32 Å². The van der Waals surface area contributed by atoms with Crippen molar-refractivity contribution in [3.8, 4) is 11.6 Å². The van der Waals surface area contributed by atoms with Crippen LogP contribution in [0.1, 0.15) is 0 Å². The van der Waals surface area contributed by atoms with E-state index < -0.39 is 0 Å². The van der Waals surface area contributed by atoms with Gasteiger partial charge in [-0.1, -0.05) is 12.1 Å². The molecule has 4 aromatic rings. The highest BCUT2D eigenvalue weighted by Gasteiger charge is 2.05. The van der Waals surface area contributed by atoms with Crippen LogP contribution in [0.5, 0.6) is 11.6 Å². The first-order chi connectivity index (χ1) is 11.8. The maximum Gasteiger partial charge on any atom is 0.232 e. The Hall–Kier alpha value is -2.61. The number of halogens is 1. The van der Waals surface area contributed by atoms with Gasteiger partial charge in [-0.25, -0.2) is 9.97 Å². The molecule has 5 nitrogen and oxygen atoms in total. The molecule has 2 N–H and O–H groups in total. The Bertz CT molecular complexity index is 949. The lowest BCUT2D eigenvalue weighted by molar-refractivity contribution is 0.459. The summed E-state index contributed by atoms with van der Waals surface area (Å²) in [4.78, 5) is 12.0. The zero-order valence-electron chi connectivity index (χ0n) is 12.5. The molecule has 0 aliphatic rings. The van der Waals surface area contributed by atoms with Gasteiger partial charge in [0, 0.05) is 11.9 Å². The molecule has 0 saturated heterocycles. The lowest BCUT2D eigenvalue weighted by Crippen LogP contribution is -1.93. The molecule has 0 fully saturated rings. The van der Waals surface area contributed by atoms with Crippen molar-refractivity contribution in [3.05, 3.63) is 70.4 Å². The van der Waals surface area contributed by atoms with Crippen LogP contribution in [0, 0.1) is 3.57 Å². The number of pyridine rings is 1. The fourth-order valence-electron chi connectivity index (χ4n) is 2.31. The van der Waals surface area contributed by atoms with Crippen LogP contribution in [0.2, 0.25) is 0 Å². The summed E-state index contributed by atoms with van der Waals surface area (Å²) in [5.74, 6) is 2.06. The van der Waals surface area contributed by atoms with Gasteiger partial charge in [0.1, 0.15) is 5.75 Å². The number of ether oxygens (including phenoxy) is 1. The van der Waals surface area contributed by atoms with Crippen LogP contribution >= 0.6 is 22.6 Å². The van der Waals surface area contributed by atoms with E-state index in [4.69, 9.17) is 4.74 Å². The normalized spacial score (nSPS) is 10.7. The second-order valence-electron chi connectivity index (χ2n) is 5.14. The summed E-state index contributed by atoms with van der Waals surface area (Å²) in [6.45, 7) is 0. The molecule has 2 aromatic carbocycles. The summed E-state index contributed by atoms with van der Waals surface area (Å²) >= 11 is 2.20. The van der Waals surface area contributed by atoms with E-state index in [0.717, 1.165) is 26.0 Å². The molecule has 0 amide bonds. The Morgan fingerprint density at radius 3 is 2.58 bits per heavy atom. The van der Waals surface area contributed by atoms with Crippen molar-refractivity contribution in [1.82, 2.24) is 15.0 Å². The third-order valence-electron chi connectivity index (χ3n) is 3.45. The van der Waals surface area contributed by atoms with Crippen molar-refractivity contribution in [3.63, 3.8) is 0 Å². The molecule has 6 heteroatoms. The van der Waals surface area contributed by atoms with Crippen LogP contribution < -0.4 is 10.1 Å². The highest BCUT2D eigenvalue weighted by molar-refractivity contribution is 14.1. The summed E-state index contributed by atoms with van der Waals surface area (Å²) in [7, 11) is 0. The first kappa shape index (κ1) is 14.9. The molecule has 2 heterocycles. The molecule has 4 rings (SSSR count). The van der Waals surface area contributed by atoms with Crippen LogP contribution in [0.4, 0.5) is 11.6 Å². The first-order valence-electron chi connectivity index (χ1n) is 7.38. The molecule has 0 aliphatic heterocycles. The fourth-order valence-corrected chi connectivity index (χ4v) is 2.77. The quantitative estimate of drug-likeness (QED) is 0.444. The Morgan fingerprint density at radius 2 is 1.79 bits per heavy atom. The number of hydrogen-bond acceptors (Lipinski definition) is 4. The fraction of sp³-hybridized carbons (Fsp3) is 0. The molecule has 0 radical (unpaired) electrons. The molecule has 0 aliphatic carbocycles. The molecule has 0 saturated carbocycles. The van der Waals surface area contributed by atoms with E-state index in [1.54, 1.807) is 6.20 Å². The van der Waals surface area contributed by atoms with Gasteiger partial charge in [0.25, 0.3) is 0 Å². The molecule has 118 valence electrons. The highest BCUT2D eigenvalue weighted by Crippen LogP contribution is 2.26. The van der Waals surface area contributed by atoms with Gasteiger partial charge in [-0.05, 0) is 71.1 Å². The Balaban J connectivity index is 1.50. The minimum Gasteiger partial charge on any atom is -0.438 e. The minimum absolute atomic E-state index is 0.607. The zero-order valence-corrected chi connectivity index (χ0v) is 14.7. The number of nitrogens with zero attached hydrogens (tertiary/aromatic N) is 2.